The van der Waals surface area contributed by atoms with E-state index in [2.05, 4.69) is 23.5 Å². The van der Waals surface area contributed by atoms with Crippen molar-refractivity contribution >= 4 is 5.91 Å². The van der Waals surface area contributed by atoms with Gasteiger partial charge in [-0.05, 0) is 19.8 Å². The maximum absolute atomic E-state index is 11.7. The predicted octanol–water partition coefficient (Wildman–Crippen LogP) is 0.919. The minimum absolute atomic E-state index is 0.0162. The first kappa shape index (κ1) is 16.0. The van der Waals surface area contributed by atoms with Crippen molar-refractivity contribution in [3.63, 3.8) is 0 Å². The summed E-state index contributed by atoms with van der Waals surface area (Å²) in [6, 6.07) is -0.287. The van der Waals surface area contributed by atoms with E-state index < -0.39 is 0 Å². The molecule has 2 unspecified atom stereocenters. The summed E-state index contributed by atoms with van der Waals surface area (Å²) in [5.41, 5.74) is 0. The molecule has 0 aromatic rings. The fraction of sp³-hybridized carbons (Fsp3) is 0.769. The zero-order valence-corrected chi connectivity index (χ0v) is 11.1. The van der Waals surface area contributed by atoms with E-state index in [1.54, 1.807) is 7.11 Å². The maximum atomic E-state index is 11.7. The Kier molecular flexibility index (Phi) is 9.50. The van der Waals surface area contributed by atoms with Crippen LogP contribution in [0.15, 0.2) is 0 Å². The molecule has 2 N–H and O–H groups in total. The number of ether oxygens (including phenoxy) is 1. The van der Waals surface area contributed by atoms with Crippen LogP contribution in [0, 0.1) is 12.3 Å². The molecule has 0 heterocycles. The maximum Gasteiger partial charge on any atom is 0.236 e. The van der Waals surface area contributed by atoms with Crippen LogP contribution in [0.25, 0.3) is 0 Å². The first-order chi connectivity index (χ1) is 8.15. The van der Waals surface area contributed by atoms with Crippen molar-refractivity contribution in [2.45, 2.75) is 45.2 Å². The van der Waals surface area contributed by atoms with Crippen molar-refractivity contribution < 1.29 is 9.53 Å². The summed E-state index contributed by atoms with van der Waals surface area (Å²) in [6.07, 6.45) is 8.10. The predicted molar refractivity (Wildman–Crippen MR) is 69.6 cm³/mol. The van der Waals surface area contributed by atoms with Gasteiger partial charge in [-0.25, -0.2) is 0 Å². The van der Waals surface area contributed by atoms with Gasteiger partial charge in [0.05, 0.1) is 12.1 Å². The number of carbonyl (C=O) groups is 1. The minimum Gasteiger partial charge on any atom is -0.385 e. The summed E-state index contributed by atoms with van der Waals surface area (Å²) in [5, 5.41) is 5.97. The Hall–Kier alpha value is -1.05. The van der Waals surface area contributed by atoms with Gasteiger partial charge in [0.1, 0.15) is 0 Å². The Morgan fingerprint density at radius 3 is 2.76 bits per heavy atom. The fourth-order valence-corrected chi connectivity index (χ4v) is 1.46. The largest absolute Gasteiger partial charge is 0.385 e. The third kappa shape index (κ3) is 7.78. The molecule has 0 rings (SSSR count). The van der Waals surface area contributed by atoms with E-state index >= 15 is 0 Å². The lowest BCUT2D eigenvalue weighted by atomic mass is 10.1. The number of carbonyl (C=O) groups excluding carboxylic acids is 1. The van der Waals surface area contributed by atoms with Gasteiger partial charge in [0, 0.05) is 20.3 Å². The van der Waals surface area contributed by atoms with Crippen LogP contribution in [-0.2, 0) is 9.53 Å². The molecule has 0 fully saturated rings. The molecule has 0 saturated carbocycles. The van der Waals surface area contributed by atoms with E-state index in [1.165, 1.54) is 0 Å². The fourth-order valence-electron chi connectivity index (χ4n) is 1.46. The molecule has 2 atom stereocenters. The molecule has 0 aliphatic heterocycles. The normalized spacial score (nSPS) is 13.8. The van der Waals surface area contributed by atoms with Crippen LogP contribution in [0.4, 0.5) is 0 Å². The molecular weight excluding hydrogens is 216 g/mol. The van der Waals surface area contributed by atoms with E-state index in [4.69, 9.17) is 11.2 Å². The molecule has 0 radical (unpaired) electrons. The van der Waals surface area contributed by atoms with E-state index in [0.717, 1.165) is 19.3 Å². The number of terminal acetylenes is 1. The van der Waals surface area contributed by atoms with E-state index in [1.807, 2.05) is 6.92 Å². The van der Waals surface area contributed by atoms with Gasteiger partial charge in [-0.1, -0.05) is 19.3 Å². The molecule has 98 valence electrons. The number of hydrogen-bond acceptors (Lipinski definition) is 3. The van der Waals surface area contributed by atoms with Crippen LogP contribution in [0.5, 0.6) is 0 Å². The summed E-state index contributed by atoms with van der Waals surface area (Å²) in [6.45, 7) is 5.19. The highest BCUT2D eigenvalue weighted by Crippen LogP contribution is 1.97. The number of nitrogens with one attached hydrogen (secondary N) is 2. The van der Waals surface area contributed by atoms with Crippen LogP contribution < -0.4 is 10.6 Å². The average Bonchev–Trinajstić information content (AvgIpc) is 2.33. The number of methoxy groups -OCH3 is 1. The van der Waals surface area contributed by atoms with Gasteiger partial charge in [0.15, 0.2) is 0 Å². The Morgan fingerprint density at radius 2 is 2.24 bits per heavy atom. The lowest BCUT2D eigenvalue weighted by Gasteiger charge is -2.18. The molecule has 0 aliphatic rings. The highest BCUT2D eigenvalue weighted by Gasteiger charge is 2.15. The molecule has 0 bridgehead atoms. The SMILES string of the molecule is C#CC(CCC)NC(C)C(=O)NCCCOC. The van der Waals surface area contributed by atoms with Crippen molar-refractivity contribution in [2.75, 3.05) is 20.3 Å². The second-order valence-electron chi connectivity index (χ2n) is 4.03. The van der Waals surface area contributed by atoms with Crippen LogP contribution in [0.1, 0.15) is 33.1 Å². The van der Waals surface area contributed by atoms with Gasteiger partial charge in [0.2, 0.25) is 5.91 Å². The van der Waals surface area contributed by atoms with Crippen LogP contribution in [0.2, 0.25) is 0 Å². The molecule has 0 saturated heterocycles. The van der Waals surface area contributed by atoms with Crippen molar-refractivity contribution in [1.29, 1.82) is 0 Å². The van der Waals surface area contributed by atoms with Gasteiger partial charge in [0.25, 0.3) is 0 Å². The van der Waals surface area contributed by atoms with Crippen LogP contribution in [-0.4, -0.2) is 38.3 Å². The van der Waals surface area contributed by atoms with Crippen molar-refractivity contribution in [3.05, 3.63) is 0 Å². The Bertz CT molecular complexity index is 248. The molecule has 17 heavy (non-hydrogen) atoms. The summed E-state index contributed by atoms with van der Waals surface area (Å²) in [4.78, 5) is 11.7. The quantitative estimate of drug-likeness (QED) is 0.465. The molecule has 0 aliphatic carbocycles. The molecule has 1 amide bonds. The standard InChI is InChI=1S/C13H24N2O2/c1-5-8-12(6-2)15-11(3)13(16)14-9-7-10-17-4/h2,11-12,15H,5,7-10H2,1,3-4H3,(H,14,16). The zero-order chi connectivity index (χ0) is 13.1. The Labute approximate surface area is 104 Å². The third-order valence-electron chi connectivity index (χ3n) is 2.45. The number of hydrogen-bond donors (Lipinski definition) is 2. The van der Waals surface area contributed by atoms with E-state index in [0.29, 0.717) is 13.2 Å². The van der Waals surface area contributed by atoms with Gasteiger partial charge < -0.3 is 10.1 Å². The van der Waals surface area contributed by atoms with Gasteiger partial charge in [-0.3, -0.25) is 10.1 Å². The monoisotopic (exact) mass is 240 g/mol. The zero-order valence-electron chi connectivity index (χ0n) is 11.1. The van der Waals surface area contributed by atoms with Crippen molar-refractivity contribution in [3.8, 4) is 12.3 Å². The van der Waals surface area contributed by atoms with E-state index in [-0.39, 0.29) is 18.0 Å². The first-order valence-corrected chi connectivity index (χ1v) is 6.14. The summed E-state index contributed by atoms with van der Waals surface area (Å²) in [7, 11) is 1.65. The van der Waals surface area contributed by atoms with Crippen LogP contribution >= 0.6 is 0 Å². The molecular formula is C13H24N2O2. The smallest absolute Gasteiger partial charge is 0.236 e. The van der Waals surface area contributed by atoms with Crippen molar-refractivity contribution in [1.82, 2.24) is 10.6 Å². The number of rotatable bonds is 9. The Balaban J connectivity index is 3.84. The molecule has 4 heteroatoms. The second-order valence-corrected chi connectivity index (χ2v) is 4.03. The van der Waals surface area contributed by atoms with Gasteiger partial charge in [-0.15, -0.1) is 6.42 Å². The lowest BCUT2D eigenvalue weighted by molar-refractivity contribution is -0.122. The first-order valence-electron chi connectivity index (χ1n) is 6.14. The lowest BCUT2D eigenvalue weighted by Crippen LogP contribution is -2.46. The molecule has 0 spiro atoms. The number of amides is 1. The molecule has 0 aromatic heterocycles. The minimum atomic E-state index is -0.259. The van der Waals surface area contributed by atoms with Gasteiger partial charge in [-0.2, -0.15) is 0 Å². The van der Waals surface area contributed by atoms with Gasteiger partial charge >= 0.3 is 0 Å². The van der Waals surface area contributed by atoms with Crippen LogP contribution in [0.3, 0.4) is 0 Å². The van der Waals surface area contributed by atoms with Crippen molar-refractivity contribution in [2.24, 2.45) is 0 Å². The molecule has 0 aromatic carbocycles. The third-order valence-corrected chi connectivity index (χ3v) is 2.45. The second kappa shape index (κ2) is 10.1. The summed E-state index contributed by atoms with van der Waals surface area (Å²) >= 11 is 0. The van der Waals surface area contributed by atoms with E-state index in [9.17, 15) is 4.79 Å². The highest BCUT2D eigenvalue weighted by molar-refractivity contribution is 5.81. The topological polar surface area (TPSA) is 50.4 Å². The molecule has 4 nitrogen and oxygen atoms in total. The Morgan fingerprint density at radius 1 is 1.53 bits per heavy atom. The highest BCUT2D eigenvalue weighted by atomic mass is 16.5. The average molecular weight is 240 g/mol. The summed E-state index contributed by atoms with van der Waals surface area (Å²) in [5.74, 6) is 2.64. The summed E-state index contributed by atoms with van der Waals surface area (Å²) < 4.78 is 4.90.